The van der Waals surface area contributed by atoms with E-state index in [-0.39, 0.29) is 0 Å². The van der Waals surface area contributed by atoms with Crippen LogP contribution in [0.2, 0.25) is 0 Å². The van der Waals surface area contributed by atoms with Gasteiger partial charge in [-0.15, -0.1) is 0 Å². The van der Waals surface area contributed by atoms with Gasteiger partial charge in [0.25, 0.3) is 0 Å². The van der Waals surface area contributed by atoms with Crippen LogP contribution >= 0.6 is 0 Å². The summed E-state index contributed by atoms with van der Waals surface area (Å²) < 4.78 is 0. The number of rotatable bonds is 4. The first-order chi connectivity index (χ1) is 7.00. The molecular formula is C13H26N2. The molecule has 0 radical (unpaired) electrons. The zero-order chi connectivity index (χ0) is 11.1. The standard InChI is InChI=1S/C13H26N2/c1-4-5-6-12(2,3)15-9-11(14)13(10-15)7-8-13/h11H,4-10,14H2,1-3H3. The zero-order valence-corrected chi connectivity index (χ0v) is 10.6. The van der Waals surface area contributed by atoms with E-state index in [2.05, 4.69) is 25.7 Å². The molecule has 0 amide bonds. The fraction of sp³-hybridized carbons (Fsp3) is 1.00. The Bertz CT molecular complexity index is 231. The van der Waals surface area contributed by atoms with Crippen LogP contribution in [0.25, 0.3) is 0 Å². The molecule has 1 saturated carbocycles. The van der Waals surface area contributed by atoms with Gasteiger partial charge in [-0.05, 0) is 38.5 Å². The molecule has 88 valence electrons. The normalized spacial score (nSPS) is 30.0. The van der Waals surface area contributed by atoms with Crippen molar-refractivity contribution in [1.82, 2.24) is 4.90 Å². The minimum Gasteiger partial charge on any atom is -0.326 e. The third-order valence-electron chi connectivity index (χ3n) is 4.60. The predicted molar refractivity (Wildman–Crippen MR) is 64.8 cm³/mol. The van der Waals surface area contributed by atoms with Crippen LogP contribution in [0.4, 0.5) is 0 Å². The van der Waals surface area contributed by atoms with Gasteiger partial charge in [-0.1, -0.05) is 19.8 Å². The molecule has 1 spiro atoms. The lowest BCUT2D eigenvalue weighted by Crippen LogP contribution is -2.43. The fourth-order valence-electron chi connectivity index (χ4n) is 2.91. The second kappa shape index (κ2) is 3.74. The van der Waals surface area contributed by atoms with Crippen LogP contribution in [0.3, 0.4) is 0 Å². The van der Waals surface area contributed by atoms with E-state index in [1.165, 1.54) is 38.6 Å². The maximum absolute atomic E-state index is 6.25. The second-order valence-electron chi connectivity index (χ2n) is 6.27. The molecule has 1 heterocycles. The van der Waals surface area contributed by atoms with Gasteiger partial charge in [-0.25, -0.2) is 0 Å². The van der Waals surface area contributed by atoms with Gasteiger partial charge < -0.3 is 5.73 Å². The van der Waals surface area contributed by atoms with E-state index in [0.29, 0.717) is 17.0 Å². The molecule has 2 nitrogen and oxygen atoms in total. The average Bonchev–Trinajstić information content (AvgIpc) is 2.86. The maximum Gasteiger partial charge on any atom is 0.0237 e. The van der Waals surface area contributed by atoms with Crippen molar-refractivity contribution in [2.75, 3.05) is 13.1 Å². The van der Waals surface area contributed by atoms with Crippen LogP contribution in [-0.2, 0) is 0 Å². The van der Waals surface area contributed by atoms with Gasteiger partial charge in [0.2, 0.25) is 0 Å². The molecule has 0 aromatic carbocycles. The molecule has 2 fully saturated rings. The van der Waals surface area contributed by atoms with Crippen molar-refractivity contribution in [1.29, 1.82) is 0 Å². The summed E-state index contributed by atoms with van der Waals surface area (Å²) >= 11 is 0. The molecule has 2 N–H and O–H groups in total. The van der Waals surface area contributed by atoms with E-state index >= 15 is 0 Å². The van der Waals surface area contributed by atoms with E-state index in [1.54, 1.807) is 0 Å². The molecule has 1 saturated heterocycles. The minimum absolute atomic E-state index is 0.361. The molecule has 0 aromatic heterocycles. The second-order valence-corrected chi connectivity index (χ2v) is 6.27. The highest BCUT2D eigenvalue weighted by Crippen LogP contribution is 2.53. The van der Waals surface area contributed by atoms with Crippen molar-refractivity contribution < 1.29 is 0 Å². The first-order valence-corrected chi connectivity index (χ1v) is 6.51. The highest BCUT2D eigenvalue weighted by molar-refractivity contribution is 5.10. The highest BCUT2D eigenvalue weighted by atomic mass is 15.2. The molecule has 1 aliphatic carbocycles. The molecule has 15 heavy (non-hydrogen) atoms. The average molecular weight is 210 g/mol. The fourth-order valence-corrected chi connectivity index (χ4v) is 2.91. The van der Waals surface area contributed by atoms with Gasteiger partial charge >= 0.3 is 0 Å². The van der Waals surface area contributed by atoms with Crippen LogP contribution in [0.5, 0.6) is 0 Å². The number of hydrogen-bond acceptors (Lipinski definition) is 2. The SMILES string of the molecule is CCCCC(C)(C)N1CC(N)C2(CC2)C1. The predicted octanol–water partition coefficient (Wildman–Crippen LogP) is 2.38. The van der Waals surface area contributed by atoms with Crippen molar-refractivity contribution in [2.24, 2.45) is 11.1 Å². The van der Waals surface area contributed by atoms with Gasteiger partial charge in [-0.2, -0.15) is 0 Å². The third-order valence-corrected chi connectivity index (χ3v) is 4.60. The smallest absolute Gasteiger partial charge is 0.0237 e. The molecule has 1 atom stereocenters. The van der Waals surface area contributed by atoms with E-state index < -0.39 is 0 Å². The maximum atomic E-state index is 6.25. The third kappa shape index (κ3) is 2.07. The molecule has 2 aliphatic rings. The van der Waals surface area contributed by atoms with Crippen molar-refractivity contribution >= 4 is 0 Å². The first-order valence-electron chi connectivity index (χ1n) is 6.51. The Balaban J connectivity index is 1.94. The quantitative estimate of drug-likeness (QED) is 0.772. The Morgan fingerprint density at radius 3 is 2.53 bits per heavy atom. The molecule has 2 heteroatoms. The molecule has 1 unspecified atom stereocenters. The summed E-state index contributed by atoms with van der Waals surface area (Å²) in [5.74, 6) is 0. The number of unbranched alkanes of at least 4 members (excludes halogenated alkanes) is 1. The summed E-state index contributed by atoms with van der Waals surface area (Å²) in [7, 11) is 0. The summed E-state index contributed by atoms with van der Waals surface area (Å²) in [6.07, 6.45) is 6.69. The van der Waals surface area contributed by atoms with Crippen molar-refractivity contribution in [3.05, 3.63) is 0 Å². The summed E-state index contributed by atoms with van der Waals surface area (Å²) in [6.45, 7) is 9.42. The Morgan fingerprint density at radius 1 is 1.40 bits per heavy atom. The number of nitrogens with two attached hydrogens (primary N) is 1. The van der Waals surface area contributed by atoms with Gasteiger partial charge in [0.15, 0.2) is 0 Å². The zero-order valence-electron chi connectivity index (χ0n) is 10.6. The molecule has 1 aliphatic heterocycles. The summed E-state index contributed by atoms with van der Waals surface area (Å²) in [6, 6.07) is 0.443. The van der Waals surface area contributed by atoms with Crippen molar-refractivity contribution in [3.63, 3.8) is 0 Å². The number of nitrogens with zero attached hydrogens (tertiary/aromatic N) is 1. The van der Waals surface area contributed by atoms with Gasteiger partial charge in [0.05, 0.1) is 0 Å². The molecule has 0 bridgehead atoms. The minimum atomic E-state index is 0.361. The molecular weight excluding hydrogens is 184 g/mol. The van der Waals surface area contributed by atoms with Crippen LogP contribution in [0.15, 0.2) is 0 Å². The topological polar surface area (TPSA) is 29.3 Å². The van der Waals surface area contributed by atoms with Crippen molar-refractivity contribution in [2.45, 2.75) is 64.5 Å². The number of likely N-dealkylation sites (tertiary alicyclic amines) is 1. The Labute approximate surface area is 94.2 Å². The monoisotopic (exact) mass is 210 g/mol. The first kappa shape index (κ1) is 11.4. The lowest BCUT2D eigenvalue weighted by atomic mass is 9.95. The summed E-state index contributed by atoms with van der Waals surface area (Å²) in [5, 5.41) is 0. The van der Waals surface area contributed by atoms with Gasteiger partial charge in [-0.3, -0.25) is 4.90 Å². The van der Waals surface area contributed by atoms with Crippen LogP contribution in [-0.4, -0.2) is 29.6 Å². The Morgan fingerprint density at radius 2 is 2.07 bits per heavy atom. The molecule has 0 aromatic rings. The van der Waals surface area contributed by atoms with E-state index in [1.807, 2.05) is 0 Å². The molecule has 2 rings (SSSR count). The Kier molecular flexibility index (Phi) is 2.85. The van der Waals surface area contributed by atoms with E-state index in [0.717, 1.165) is 6.54 Å². The van der Waals surface area contributed by atoms with Crippen LogP contribution in [0, 0.1) is 5.41 Å². The van der Waals surface area contributed by atoms with Crippen LogP contribution in [0.1, 0.15) is 52.9 Å². The lowest BCUT2D eigenvalue weighted by molar-refractivity contribution is 0.133. The van der Waals surface area contributed by atoms with Crippen LogP contribution < -0.4 is 5.73 Å². The Hall–Kier alpha value is -0.0800. The highest BCUT2D eigenvalue weighted by Gasteiger charge is 2.55. The lowest BCUT2D eigenvalue weighted by Gasteiger charge is -2.36. The number of hydrogen-bond donors (Lipinski definition) is 1. The summed E-state index contributed by atoms with van der Waals surface area (Å²) in [5.41, 5.74) is 7.14. The van der Waals surface area contributed by atoms with E-state index in [9.17, 15) is 0 Å². The largest absolute Gasteiger partial charge is 0.326 e. The van der Waals surface area contributed by atoms with E-state index in [4.69, 9.17) is 5.73 Å². The summed E-state index contributed by atoms with van der Waals surface area (Å²) in [4.78, 5) is 2.64. The van der Waals surface area contributed by atoms with Gasteiger partial charge in [0.1, 0.15) is 0 Å². The van der Waals surface area contributed by atoms with Gasteiger partial charge in [0, 0.05) is 24.7 Å². The van der Waals surface area contributed by atoms with Crippen molar-refractivity contribution in [3.8, 4) is 0 Å².